The second-order valence-electron chi connectivity index (χ2n) is 4.81. The number of nitrogens with one attached hydrogen (secondary N) is 1. The zero-order chi connectivity index (χ0) is 14.9. The van der Waals surface area contributed by atoms with Crippen molar-refractivity contribution in [2.45, 2.75) is 25.8 Å². The van der Waals surface area contributed by atoms with Gasteiger partial charge in [0.15, 0.2) is 0 Å². The molecular formula is C14H16N2O4. The number of likely N-dealkylation sites (N-methyl/N-ethyl adjacent to an activating group) is 1. The summed E-state index contributed by atoms with van der Waals surface area (Å²) in [5.41, 5.74) is 0.773. The number of hydrogen-bond acceptors (Lipinski definition) is 4. The molecule has 1 unspecified atom stereocenters. The molecule has 106 valence electrons. The highest BCUT2D eigenvalue weighted by Crippen LogP contribution is 2.20. The van der Waals surface area contributed by atoms with Crippen molar-refractivity contribution in [3.63, 3.8) is 0 Å². The molecule has 3 amide bonds. The molecule has 2 N–H and O–H groups in total. The van der Waals surface area contributed by atoms with Crippen molar-refractivity contribution in [2.24, 2.45) is 0 Å². The van der Waals surface area contributed by atoms with Gasteiger partial charge in [-0.2, -0.15) is 0 Å². The van der Waals surface area contributed by atoms with Gasteiger partial charge >= 0.3 is 0 Å². The third-order valence-electron chi connectivity index (χ3n) is 3.50. The quantitative estimate of drug-likeness (QED) is 0.773. The molecule has 1 aromatic rings. The van der Waals surface area contributed by atoms with Crippen molar-refractivity contribution < 1.29 is 19.5 Å². The Balaban J connectivity index is 2.14. The highest BCUT2D eigenvalue weighted by atomic mass is 16.3. The number of likely N-dealkylation sites (tertiary alicyclic amines) is 1. The molecule has 1 atom stereocenters. The van der Waals surface area contributed by atoms with Gasteiger partial charge in [-0.25, -0.2) is 0 Å². The van der Waals surface area contributed by atoms with Gasteiger partial charge in [-0.05, 0) is 25.5 Å². The summed E-state index contributed by atoms with van der Waals surface area (Å²) in [5, 5.41) is 12.2. The van der Waals surface area contributed by atoms with Crippen LogP contribution < -0.4 is 5.32 Å². The van der Waals surface area contributed by atoms with Gasteiger partial charge in [0, 0.05) is 24.6 Å². The molecule has 0 spiro atoms. The molecule has 0 radical (unpaired) electrons. The van der Waals surface area contributed by atoms with Crippen LogP contribution >= 0.6 is 0 Å². The van der Waals surface area contributed by atoms with E-state index in [4.69, 9.17) is 0 Å². The van der Waals surface area contributed by atoms with Gasteiger partial charge in [0.25, 0.3) is 11.8 Å². The molecule has 6 nitrogen and oxygen atoms in total. The summed E-state index contributed by atoms with van der Waals surface area (Å²) in [7, 11) is 1.41. The molecule has 1 aliphatic rings. The van der Waals surface area contributed by atoms with Crippen molar-refractivity contribution in [3.05, 3.63) is 29.3 Å². The SMILES string of the molecule is Cc1c(O)cccc1C(=O)NC1CCC(=O)N(C)C1=O. The summed E-state index contributed by atoms with van der Waals surface area (Å²) >= 11 is 0. The number of aromatic hydroxyl groups is 1. The first-order valence-electron chi connectivity index (χ1n) is 6.31. The van der Waals surface area contributed by atoms with Crippen LogP contribution in [0.3, 0.4) is 0 Å². The summed E-state index contributed by atoms with van der Waals surface area (Å²) in [5.74, 6) is -1.05. The Labute approximate surface area is 116 Å². The molecule has 20 heavy (non-hydrogen) atoms. The van der Waals surface area contributed by atoms with E-state index in [2.05, 4.69) is 5.32 Å². The van der Waals surface area contributed by atoms with Crippen LogP contribution in [-0.4, -0.2) is 40.8 Å². The second kappa shape index (κ2) is 5.32. The highest BCUT2D eigenvalue weighted by Gasteiger charge is 2.33. The molecule has 0 bridgehead atoms. The Hall–Kier alpha value is -2.37. The zero-order valence-corrected chi connectivity index (χ0v) is 11.3. The predicted octanol–water partition coefficient (Wildman–Crippen LogP) is 0.578. The molecule has 0 aromatic heterocycles. The number of amides is 3. The average molecular weight is 276 g/mol. The second-order valence-corrected chi connectivity index (χ2v) is 4.81. The van der Waals surface area contributed by atoms with E-state index in [0.29, 0.717) is 17.5 Å². The Morgan fingerprint density at radius 2 is 2.10 bits per heavy atom. The number of carbonyl (C=O) groups is 3. The lowest BCUT2D eigenvalue weighted by Gasteiger charge is -2.28. The third kappa shape index (κ3) is 2.49. The van der Waals surface area contributed by atoms with Gasteiger partial charge < -0.3 is 10.4 Å². The Morgan fingerprint density at radius 3 is 2.80 bits per heavy atom. The number of rotatable bonds is 2. The molecular weight excluding hydrogens is 260 g/mol. The number of imide groups is 1. The predicted molar refractivity (Wildman–Crippen MR) is 71.1 cm³/mol. The van der Waals surface area contributed by atoms with E-state index in [0.717, 1.165) is 4.90 Å². The fraction of sp³-hybridized carbons (Fsp3) is 0.357. The number of piperidine rings is 1. The van der Waals surface area contributed by atoms with Crippen molar-refractivity contribution in [1.29, 1.82) is 0 Å². The molecule has 0 aliphatic carbocycles. The van der Waals surface area contributed by atoms with Crippen LogP contribution in [0.25, 0.3) is 0 Å². The van der Waals surface area contributed by atoms with Crippen molar-refractivity contribution in [3.8, 4) is 5.75 Å². The first-order valence-corrected chi connectivity index (χ1v) is 6.31. The van der Waals surface area contributed by atoms with Crippen LogP contribution in [0.1, 0.15) is 28.8 Å². The molecule has 1 aromatic carbocycles. The largest absolute Gasteiger partial charge is 0.508 e. The van der Waals surface area contributed by atoms with E-state index >= 15 is 0 Å². The van der Waals surface area contributed by atoms with E-state index in [1.165, 1.54) is 13.1 Å². The lowest BCUT2D eigenvalue weighted by atomic mass is 10.0. The Bertz CT molecular complexity index is 583. The van der Waals surface area contributed by atoms with E-state index in [9.17, 15) is 19.5 Å². The van der Waals surface area contributed by atoms with Crippen molar-refractivity contribution in [1.82, 2.24) is 10.2 Å². The monoisotopic (exact) mass is 276 g/mol. The number of phenolic OH excluding ortho intramolecular Hbond substituents is 1. The topological polar surface area (TPSA) is 86.7 Å². The first kappa shape index (κ1) is 14.0. The molecule has 2 rings (SSSR count). The van der Waals surface area contributed by atoms with E-state index < -0.39 is 17.9 Å². The first-order chi connectivity index (χ1) is 9.41. The van der Waals surface area contributed by atoms with Gasteiger partial charge in [-0.3, -0.25) is 19.3 Å². The maximum absolute atomic E-state index is 12.1. The maximum Gasteiger partial charge on any atom is 0.252 e. The van der Waals surface area contributed by atoms with Crippen LogP contribution in [0.4, 0.5) is 0 Å². The molecule has 6 heteroatoms. The van der Waals surface area contributed by atoms with Gasteiger partial charge in [0.05, 0.1) is 0 Å². The molecule has 1 aliphatic heterocycles. The minimum atomic E-state index is -0.702. The standard InChI is InChI=1S/C14H16N2O4/c1-8-9(4-3-5-11(8)17)13(19)15-10-6-7-12(18)16(2)14(10)20/h3-5,10,17H,6-7H2,1-2H3,(H,15,19). The normalized spacial score (nSPS) is 19.1. The molecule has 1 fully saturated rings. The summed E-state index contributed by atoms with van der Waals surface area (Å²) < 4.78 is 0. The third-order valence-corrected chi connectivity index (χ3v) is 3.50. The van der Waals surface area contributed by atoms with Crippen molar-refractivity contribution in [2.75, 3.05) is 7.05 Å². The summed E-state index contributed by atoms with van der Waals surface area (Å²) in [6.07, 6.45) is 0.526. The average Bonchev–Trinajstić information content (AvgIpc) is 2.42. The fourth-order valence-electron chi connectivity index (χ4n) is 2.15. The van der Waals surface area contributed by atoms with Crippen LogP contribution in [0, 0.1) is 6.92 Å². The van der Waals surface area contributed by atoms with Crippen LogP contribution in [-0.2, 0) is 9.59 Å². The smallest absolute Gasteiger partial charge is 0.252 e. The highest BCUT2D eigenvalue weighted by molar-refractivity contribution is 6.04. The minimum Gasteiger partial charge on any atom is -0.508 e. The number of phenols is 1. The summed E-state index contributed by atoms with van der Waals surface area (Å²) in [6, 6.07) is 3.93. The molecule has 0 saturated carbocycles. The van der Waals surface area contributed by atoms with Crippen LogP contribution in [0.2, 0.25) is 0 Å². The number of benzene rings is 1. The lowest BCUT2D eigenvalue weighted by Crippen LogP contribution is -2.53. The van der Waals surface area contributed by atoms with Gasteiger partial charge in [0.1, 0.15) is 11.8 Å². The Kier molecular flexibility index (Phi) is 3.74. The maximum atomic E-state index is 12.1. The van der Waals surface area contributed by atoms with E-state index in [-0.39, 0.29) is 18.1 Å². The molecule has 1 heterocycles. The number of carbonyl (C=O) groups excluding carboxylic acids is 3. The lowest BCUT2D eigenvalue weighted by molar-refractivity contribution is -0.147. The molecule has 1 saturated heterocycles. The Morgan fingerprint density at radius 1 is 1.40 bits per heavy atom. The van der Waals surface area contributed by atoms with Crippen molar-refractivity contribution >= 4 is 17.7 Å². The number of nitrogens with zero attached hydrogens (tertiary/aromatic N) is 1. The zero-order valence-electron chi connectivity index (χ0n) is 11.3. The van der Waals surface area contributed by atoms with Gasteiger partial charge in [-0.1, -0.05) is 6.07 Å². The number of hydrogen-bond donors (Lipinski definition) is 2. The summed E-state index contributed by atoms with van der Waals surface area (Å²) in [6.45, 7) is 1.63. The van der Waals surface area contributed by atoms with Crippen LogP contribution in [0.15, 0.2) is 18.2 Å². The fourth-order valence-corrected chi connectivity index (χ4v) is 2.15. The van der Waals surface area contributed by atoms with Crippen LogP contribution in [0.5, 0.6) is 5.75 Å². The van der Waals surface area contributed by atoms with Gasteiger partial charge in [-0.15, -0.1) is 0 Å². The van der Waals surface area contributed by atoms with E-state index in [1.807, 2.05) is 0 Å². The summed E-state index contributed by atoms with van der Waals surface area (Å²) in [4.78, 5) is 36.4. The minimum absolute atomic E-state index is 0.0277. The van der Waals surface area contributed by atoms with Gasteiger partial charge in [0.2, 0.25) is 5.91 Å². The van der Waals surface area contributed by atoms with E-state index in [1.54, 1.807) is 19.1 Å².